The number of imidazole rings is 1. The molecule has 3 aromatic rings. The molecule has 2 aromatic heterocycles. The Kier molecular flexibility index (Phi) is 7.50. The second-order valence-electron chi connectivity index (χ2n) is 9.64. The number of nitrogens with one attached hydrogen (secondary N) is 1. The molecule has 4 heterocycles. The second kappa shape index (κ2) is 11.1. The van der Waals surface area contributed by atoms with E-state index >= 15 is 0 Å². The first-order chi connectivity index (χ1) is 18.0. The van der Waals surface area contributed by atoms with Crippen molar-refractivity contribution in [1.82, 2.24) is 19.4 Å². The van der Waals surface area contributed by atoms with Gasteiger partial charge in [-0.1, -0.05) is 12.6 Å². The lowest BCUT2D eigenvalue weighted by atomic mass is 10.1. The van der Waals surface area contributed by atoms with E-state index < -0.39 is 0 Å². The fourth-order valence-corrected chi connectivity index (χ4v) is 5.15. The first kappa shape index (κ1) is 25.0. The van der Waals surface area contributed by atoms with Gasteiger partial charge in [-0.15, -0.1) is 0 Å². The molecule has 37 heavy (non-hydrogen) atoms. The molecule has 9 nitrogen and oxygen atoms in total. The van der Waals surface area contributed by atoms with Crippen LogP contribution in [0.15, 0.2) is 49.2 Å². The highest BCUT2D eigenvalue weighted by Crippen LogP contribution is 2.36. The summed E-state index contributed by atoms with van der Waals surface area (Å²) in [6, 6.07) is 9.15. The molecule has 0 aliphatic carbocycles. The van der Waals surface area contributed by atoms with Crippen LogP contribution in [-0.4, -0.2) is 63.7 Å². The van der Waals surface area contributed by atoms with Crippen molar-refractivity contribution in [3.05, 3.63) is 60.4 Å². The molecule has 9 heteroatoms. The highest BCUT2D eigenvalue weighted by Gasteiger charge is 2.28. The topological polar surface area (TPSA) is 98.6 Å². The molecule has 2 aliphatic rings. The highest BCUT2D eigenvalue weighted by molar-refractivity contribution is 6.04. The molecule has 2 fully saturated rings. The van der Waals surface area contributed by atoms with Crippen molar-refractivity contribution in [2.24, 2.45) is 0 Å². The maximum atomic E-state index is 13.3. The summed E-state index contributed by atoms with van der Waals surface area (Å²) in [7, 11) is 0. The Hall–Kier alpha value is -3.72. The molecule has 0 spiro atoms. The van der Waals surface area contributed by atoms with Gasteiger partial charge >= 0.3 is 0 Å². The van der Waals surface area contributed by atoms with Crippen LogP contribution in [0, 0.1) is 6.92 Å². The zero-order valence-electron chi connectivity index (χ0n) is 21.2. The molecule has 0 radical (unpaired) electrons. The number of nitrogens with zero attached hydrogens (tertiary/aromatic N) is 4. The summed E-state index contributed by atoms with van der Waals surface area (Å²) >= 11 is 0. The molecule has 1 atom stereocenters. The lowest BCUT2D eigenvalue weighted by molar-refractivity contribution is -0.126. The third kappa shape index (κ3) is 5.51. The van der Waals surface area contributed by atoms with Crippen molar-refractivity contribution >= 4 is 28.8 Å². The van der Waals surface area contributed by atoms with Crippen molar-refractivity contribution in [3.8, 4) is 5.75 Å². The smallest absolute Gasteiger partial charge is 0.258 e. The van der Waals surface area contributed by atoms with Gasteiger partial charge in [-0.25, -0.2) is 4.98 Å². The quantitative estimate of drug-likeness (QED) is 0.504. The molecule has 194 valence electrons. The maximum absolute atomic E-state index is 13.3. The number of pyridine rings is 1. The highest BCUT2D eigenvalue weighted by atomic mass is 16.5. The van der Waals surface area contributed by atoms with Crippen LogP contribution in [0.4, 0.5) is 5.95 Å². The van der Waals surface area contributed by atoms with Crippen LogP contribution in [0.1, 0.15) is 54.2 Å². The number of benzene rings is 1. The van der Waals surface area contributed by atoms with Crippen molar-refractivity contribution in [2.45, 2.75) is 51.2 Å². The van der Waals surface area contributed by atoms with Gasteiger partial charge in [0.05, 0.1) is 24.8 Å². The van der Waals surface area contributed by atoms with E-state index in [2.05, 4.69) is 21.4 Å². The largest absolute Gasteiger partial charge is 0.488 e. The third-order valence-electron chi connectivity index (χ3n) is 7.02. The third-order valence-corrected chi connectivity index (χ3v) is 7.02. The SMILES string of the molecule is C=CC(=O)N1CCCCC(n2c(NC(=O)c3ccnc(C)c3)nc3cccc(OC4CCOCC4)c32)C1. The van der Waals surface area contributed by atoms with Gasteiger partial charge < -0.3 is 18.9 Å². The minimum absolute atomic E-state index is 0.0495. The van der Waals surface area contributed by atoms with Crippen molar-refractivity contribution < 1.29 is 19.1 Å². The Labute approximate surface area is 216 Å². The number of carbonyl (C=O) groups excluding carboxylic acids is 2. The fourth-order valence-electron chi connectivity index (χ4n) is 5.15. The molecule has 1 N–H and O–H groups in total. The molecule has 1 unspecified atom stereocenters. The zero-order valence-corrected chi connectivity index (χ0v) is 21.2. The number of anilines is 1. The van der Waals surface area contributed by atoms with Crippen LogP contribution < -0.4 is 10.1 Å². The minimum Gasteiger partial charge on any atom is -0.488 e. The maximum Gasteiger partial charge on any atom is 0.258 e. The van der Waals surface area contributed by atoms with Crippen molar-refractivity contribution in [1.29, 1.82) is 0 Å². The van der Waals surface area contributed by atoms with Gasteiger partial charge in [-0.2, -0.15) is 0 Å². The normalized spacial score (nSPS) is 18.8. The molecule has 1 aromatic carbocycles. The predicted molar refractivity (Wildman–Crippen MR) is 141 cm³/mol. The van der Waals surface area contributed by atoms with Crippen LogP contribution in [-0.2, 0) is 9.53 Å². The van der Waals surface area contributed by atoms with Gasteiger partial charge in [0.1, 0.15) is 17.4 Å². The van der Waals surface area contributed by atoms with Crippen LogP contribution in [0.5, 0.6) is 5.75 Å². The number of rotatable bonds is 6. The van der Waals surface area contributed by atoms with E-state index in [0.717, 1.165) is 54.6 Å². The van der Waals surface area contributed by atoms with Crippen LogP contribution in [0.25, 0.3) is 11.0 Å². The monoisotopic (exact) mass is 503 g/mol. The molecule has 2 aliphatic heterocycles. The predicted octanol–water partition coefficient (Wildman–Crippen LogP) is 4.29. The van der Waals surface area contributed by atoms with Crippen molar-refractivity contribution in [2.75, 3.05) is 31.6 Å². The van der Waals surface area contributed by atoms with E-state index in [0.29, 0.717) is 37.8 Å². The van der Waals surface area contributed by atoms with Gasteiger partial charge in [-0.3, -0.25) is 19.9 Å². The standard InChI is InChI=1S/C28H33N5O4/c1-3-25(34)32-14-5-4-7-21(18-32)33-26-23(8-6-9-24(26)37-22-11-15-36-16-12-22)30-28(33)31-27(35)20-10-13-29-19(2)17-20/h3,6,8-10,13,17,21-22H,1,4-5,7,11-12,14-16,18H2,2H3,(H,30,31,35). The molecule has 2 saturated heterocycles. The summed E-state index contributed by atoms with van der Waals surface area (Å²) in [4.78, 5) is 36.7. The van der Waals surface area contributed by atoms with E-state index in [1.165, 1.54) is 6.08 Å². The second-order valence-corrected chi connectivity index (χ2v) is 9.64. The van der Waals surface area contributed by atoms with Gasteiger partial charge in [0.2, 0.25) is 11.9 Å². The number of hydrogen-bond acceptors (Lipinski definition) is 6. The first-order valence-corrected chi connectivity index (χ1v) is 12.9. The van der Waals surface area contributed by atoms with Crippen LogP contribution >= 0.6 is 0 Å². The molecule has 2 amide bonds. The Morgan fingerprint density at radius 3 is 2.81 bits per heavy atom. The Balaban J connectivity index is 1.57. The summed E-state index contributed by atoms with van der Waals surface area (Å²) in [5, 5.41) is 3.04. The number of para-hydroxylation sites is 1. The summed E-state index contributed by atoms with van der Waals surface area (Å²) in [5.74, 6) is 0.813. The summed E-state index contributed by atoms with van der Waals surface area (Å²) in [6.07, 6.45) is 7.38. The Morgan fingerprint density at radius 1 is 1.19 bits per heavy atom. The van der Waals surface area contributed by atoms with Gasteiger partial charge in [0.15, 0.2) is 0 Å². The molecular formula is C28H33N5O4. The molecular weight excluding hydrogens is 470 g/mol. The minimum atomic E-state index is -0.262. The summed E-state index contributed by atoms with van der Waals surface area (Å²) in [5.41, 5.74) is 2.83. The van der Waals surface area contributed by atoms with Crippen molar-refractivity contribution in [3.63, 3.8) is 0 Å². The number of fused-ring (bicyclic) bond motifs is 1. The van der Waals surface area contributed by atoms with Gasteiger partial charge in [-0.05, 0) is 56.5 Å². The molecule has 0 saturated carbocycles. The average molecular weight is 504 g/mol. The zero-order chi connectivity index (χ0) is 25.8. The van der Waals surface area contributed by atoms with E-state index in [9.17, 15) is 9.59 Å². The lowest BCUT2D eigenvalue weighted by Gasteiger charge is -2.27. The summed E-state index contributed by atoms with van der Waals surface area (Å²) in [6.45, 7) is 8.05. The lowest BCUT2D eigenvalue weighted by Crippen LogP contribution is -2.34. The first-order valence-electron chi connectivity index (χ1n) is 12.9. The number of aryl methyl sites for hydroxylation is 1. The average Bonchev–Trinajstić information content (AvgIpc) is 3.10. The van der Waals surface area contributed by atoms with E-state index in [1.807, 2.05) is 30.0 Å². The van der Waals surface area contributed by atoms with E-state index in [1.54, 1.807) is 18.3 Å². The number of hydrogen-bond donors (Lipinski definition) is 1. The Bertz CT molecular complexity index is 1300. The Morgan fingerprint density at radius 2 is 2.03 bits per heavy atom. The molecule has 5 rings (SSSR count). The van der Waals surface area contributed by atoms with Crippen LogP contribution in [0.3, 0.4) is 0 Å². The summed E-state index contributed by atoms with van der Waals surface area (Å²) < 4.78 is 14.1. The number of carbonyl (C=O) groups is 2. The number of aromatic nitrogens is 3. The molecule has 0 bridgehead atoms. The number of ether oxygens (including phenoxy) is 2. The van der Waals surface area contributed by atoms with Gasteiger partial charge in [0, 0.05) is 43.4 Å². The number of amides is 2. The van der Waals surface area contributed by atoms with E-state index in [4.69, 9.17) is 14.5 Å². The van der Waals surface area contributed by atoms with Crippen LogP contribution in [0.2, 0.25) is 0 Å². The number of likely N-dealkylation sites (tertiary alicyclic amines) is 1. The van der Waals surface area contributed by atoms with Gasteiger partial charge in [0.25, 0.3) is 5.91 Å². The van der Waals surface area contributed by atoms with E-state index in [-0.39, 0.29) is 24.0 Å². The fraction of sp³-hybridized carbons (Fsp3) is 0.429.